The van der Waals surface area contributed by atoms with E-state index in [1.165, 1.54) is 12.1 Å². The van der Waals surface area contributed by atoms with E-state index in [1.54, 1.807) is 6.07 Å². The number of hydrogen-bond acceptors (Lipinski definition) is 1. The van der Waals surface area contributed by atoms with Gasteiger partial charge in [0.25, 0.3) is 5.91 Å². The molecule has 0 aliphatic rings. The van der Waals surface area contributed by atoms with Gasteiger partial charge in [0.15, 0.2) is 0 Å². The highest BCUT2D eigenvalue weighted by atomic mass is 19.1. The maximum Gasteiger partial charge on any atom is 0.251 e. The predicted octanol–water partition coefficient (Wildman–Crippen LogP) is 4.89. The van der Waals surface area contributed by atoms with Crippen LogP contribution in [0.25, 0.3) is 22.0 Å². The van der Waals surface area contributed by atoms with Crippen LogP contribution in [0.4, 0.5) is 4.39 Å². The Morgan fingerprint density at radius 1 is 1.21 bits per heavy atom. The third kappa shape index (κ3) is 3.32. The molecule has 1 heterocycles. The van der Waals surface area contributed by atoms with Crippen LogP contribution in [-0.4, -0.2) is 16.9 Å². The molecule has 3 aromatic rings. The van der Waals surface area contributed by atoms with E-state index in [9.17, 15) is 9.18 Å². The summed E-state index contributed by atoms with van der Waals surface area (Å²) in [5.41, 5.74) is 3.40. The average Bonchev–Trinajstić information content (AvgIpc) is 2.98. The number of benzene rings is 2. The minimum Gasteiger partial charge on any atom is -0.360 e. The van der Waals surface area contributed by atoms with Crippen LogP contribution in [0.3, 0.4) is 0 Å². The molecular weight excluding hydrogens is 303 g/mol. The molecule has 0 aliphatic carbocycles. The van der Waals surface area contributed by atoms with Crippen molar-refractivity contribution in [2.24, 2.45) is 0 Å². The van der Waals surface area contributed by atoms with Gasteiger partial charge in [0.2, 0.25) is 0 Å². The summed E-state index contributed by atoms with van der Waals surface area (Å²) in [7, 11) is 0. The fourth-order valence-electron chi connectivity index (χ4n) is 2.95. The molecule has 2 aromatic carbocycles. The van der Waals surface area contributed by atoms with Gasteiger partial charge in [-0.05, 0) is 49.2 Å². The number of fused-ring (bicyclic) bond motifs is 1. The van der Waals surface area contributed by atoms with Gasteiger partial charge in [-0.1, -0.05) is 25.5 Å². The summed E-state index contributed by atoms with van der Waals surface area (Å²) in [5, 5.41) is 3.96. The number of aromatic nitrogens is 1. The number of amides is 1. The van der Waals surface area contributed by atoms with Crippen LogP contribution >= 0.6 is 0 Å². The molecule has 3 nitrogen and oxygen atoms in total. The molecule has 4 heteroatoms. The normalized spacial score (nSPS) is 12.3. The summed E-state index contributed by atoms with van der Waals surface area (Å²) < 4.78 is 13.3. The highest BCUT2D eigenvalue weighted by Gasteiger charge is 2.11. The zero-order chi connectivity index (χ0) is 17.1. The van der Waals surface area contributed by atoms with Crippen molar-refractivity contribution in [3.05, 3.63) is 60.0 Å². The molecule has 1 aromatic heterocycles. The number of H-pyrrole nitrogens is 1. The van der Waals surface area contributed by atoms with Crippen molar-refractivity contribution >= 4 is 16.8 Å². The summed E-state index contributed by atoms with van der Waals surface area (Å²) in [6.45, 7) is 4.12. The van der Waals surface area contributed by atoms with Gasteiger partial charge in [0.1, 0.15) is 5.82 Å². The Kier molecular flexibility index (Phi) is 4.65. The van der Waals surface area contributed by atoms with Gasteiger partial charge >= 0.3 is 0 Å². The van der Waals surface area contributed by atoms with Gasteiger partial charge in [-0.3, -0.25) is 4.79 Å². The molecule has 0 fully saturated rings. The zero-order valence-corrected chi connectivity index (χ0v) is 13.9. The first-order chi connectivity index (χ1) is 11.6. The molecular formula is C20H21FN2O. The maximum atomic E-state index is 13.3. The van der Waals surface area contributed by atoms with Gasteiger partial charge in [-0.2, -0.15) is 0 Å². The highest BCUT2D eigenvalue weighted by Crippen LogP contribution is 2.29. The van der Waals surface area contributed by atoms with Crippen LogP contribution in [0.2, 0.25) is 0 Å². The third-order valence-electron chi connectivity index (χ3n) is 4.20. The smallest absolute Gasteiger partial charge is 0.251 e. The summed E-state index contributed by atoms with van der Waals surface area (Å²) in [4.78, 5) is 15.3. The minimum atomic E-state index is -0.260. The predicted molar refractivity (Wildman–Crippen MR) is 95.5 cm³/mol. The number of halogens is 1. The van der Waals surface area contributed by atoms with Crippen molar-refractivity contribution < 1.29 is 9.18 Å². The summed E-state index contributed by atoms with van der Waals surface area (Å²) >= 11 is 0. The number of carbonyl (C=O) groups excluding carboxylic acids is 1. The first kappa shape index (κ1) is 16.2. The third-order valence-corrected chi connectivity index (χ3v) is 4.20. The molecule has 124 valence electrons. The minimum absolute atomic E-state index is 0.0523. The lowest BCUT2D eigenvalue weighted by molar-refractivity contribution is 0.0938. The Morgan fingerprint density at radius 3 is 2.67 bits per heavy atom. The van der Waals surface area contributed by atoms with Crippen molar-refractivity contribution in [3.8, 4) is 11.1 Å². The molecule has 0 spiro atoms. The Bertz CT molecular complexity index is 852. The van der Waals surface area contributed by atoms with Gasteiger partial charge < -0.3 is 10.3 Å². The Hall–Kier alpha value is -2.62. The van der Waals surface area contributed by atoms with Crippen molar-refractivity contribution in [3.63, 3.8) is 0 Å². The second-order valence-corrected chi connectivity index (χ2v) is 6.13. The average molecular weight is 324 g/mol. The van der Waals surface area contributed by atoms with Crippen molar-refractivity contribution in [2.75, 3.05) is 0 Å². The molecule has 1 unspecified atom stereocenters. The van der Waals surface area contributed by atoms with Crippen LogP contribution < -0.4 is 5.32 Å². The number of nitrogens with one attached hydrogen (secondary N) is 2. The summed E-state index contributed by atoms with van der Waals surface area (Å²) in [6, 6.07) is 12.4. The first-order valence-electron chi connectivity index (χ1n) is 8.26. The maximum absolute atomic E-state index is 13.3. The standard InChI is InChI=1S/C20H21FN2O/c1-3-4-13(2)23-20(24)15-7-5-14(6-8-15)18-12-22-19-11-16(21)9-10-17(18)19/h5-13,22H,3-4H2,1-2H3,(H,23,24). The van der Waals surface area contributed by atoms with Crippen LogP contribution in [0.5, 0.6) is 0 Å². The molecule has 0 bridgehead atoms. The number of hydrogen-bond donors (Lipinski definition) is 2. The summed E-state index contributed by atoms with van der Waals surface area (Å²) in [5.74, 6) is -0.312. The Morgan fingerprint density at radius 2 is 1.96 bits per heavy atom. The molecule has 0 saturated carbocycles. The largest absolute Gasteiger partial charge is 0.360 e. The molecule has 0 saturated heterocycles. The van der Waals surface area contributed by atoms with E-state index in [0.717, 1.165) is 34.9 Å². The van der Waals surface area contributed by atoms with Gasteiger partial charge in [0, 0.05) is 34.3 Å². The lowest BCUT2D eigenvalue weighted by atomic mass is 10.0. The lowest BCUT2D eigenvalue weighted by Crippen LogP contribution is -2.32. The lowest BCUT2D eigenvalue weighted by Gasteiger charge is -2.12. The van der Waals surface area contributed by atoms with E-state index in [-0.39, 0.29) is 17.8 Å². The second kappa shape index (κ2) is 6.87. The van der Waals surface area contributed by atoms with Crippen LogP contribution in [0, 0.1) is 5.82 Å². The molecule has 0 radical (unpaired) electrons. The van der Waals surface area contributed by atoms with Gasteiger partial charge in [-0.15, -0.1) is 0 Å². The monoisotopic (exact) mass is 324 g/mol. The molecule has 1 atom stereocenters. The molecule has 2 N–H and O–H groups in total. The fraction of sp³-hybridized carbons (Fsp3) is 0.250. The fourth-order valence-corrected chi connectivity index (χ4v) is 2.95. The number of aromatic amines is 1. The number of carbonyl (C=O) groups is 1. The van der Waals surface area contributed by atoms with E-state index >= 15 is 0 Å². The topological polar surface area (TPSA) is 44.9 Å². The van der Waals surface area contributed by atoms with Crippen LogP contribution in [0.1, 0.15) is 37.0 Å². The van der Waals surface area contributed by atoms with Crippen LogP contribution in [0.15, 0.2) is 48.7 Å². The van der Waals surface area contributed by atoms with Crippen molar-refractivity contribution in [2.45, 2.75) is 32.7 Å². The molecule has 0 aliphatic heterocycles. The molecule has 1 amide bonds. The van der Waals surface area contributed by atoms with Crippen LogP contribution in [-0.2, 0) is 0 Å². The SMILES string of the molecule is CCCC(C)NC(=O)c1ccc(-c2c[nH]c3cc(F)ccc23)cc1. The quantitative estimate of drug-likeness (QED) is 0.689. The Labute approximate surface area is 140 Å². The molecule has 24 heavy (non-hydrogen) atoms. The molecule has 3 rings (SSSR count). The Balaban J connectivity index is 1.82. The van der Waals surface area contributed by atoms with Gasteiger partial charge in [-0.25, -0.2) is 4.39 Å². The second-order valence-electron chi connectivity index (χ2n) is 6.13. The van der Waals surface area contributed by atoms with E-state index in [1.807, 2.05) is 37.4 Å². The van der Waals surface area contributed by atoms with E-state index < -0.39 is 0 Å². The van der Waals surface area contributed by atoms with Gasteiger partial charge in [0.05, 0.1) is 0 Å². The van der Waals surface area contributed by atoms with E-state index in [4.69, 9.17) is 0 Å². The van der Waals surface area contributed by atoms with E-state index in [2.05, 4.69) is 17.2 Å². The van der Waals surface area contributed by atoms with Crippen molar-refractivity contribution in [1.29, 1.82) is 0 Å². The van der Waals surface area contributed by atoms with E-state index in [0.29, 0.717) is 5.56 Å². The number of rotatable bonds is 5. The highest BCUT2D eigenvalue weighted by molar-refractivity contribution is 5.97. The summed E-state index contributed by atoms with van der Waals surface area (Å²) in [6.07, 6.45) is 3.87. The van der Waals surface area contributed by atoms with Crippen molar-refractivity contribution in [1.82, 2.24) is 10.3 Å². The zero-order valence-electron chi connectivity index (χ0n) is 13.9. The first-order valence-corrected chi connectivity index (χ1v) is 8.26.